The van der Waals surface area contributed by atoms with Gasteiger partial charge in [0.2, 0.25) is 0 Å². The minimum atomic E-state index is -4.55. The van der Waals surface area contributed by atoms with Crippen LogP contribution in [0, 0.1) is 0 Å². The van der Waals surface area contributed by atoms with Crippen LogP contribution in [-0.2, 0) is 17.4 Å². The van der Waals surface area contributed by atoms with E-state index >= 15 is 0 Å². The van der Waals surface area contributed by atoms with E-state index in [1.807, 2.05) is 0 Å². The Labute approximate surface area is 219 Å². The molecule has 0 fully saturated rings. The Bertz CT molecular complexity index is 1330. The number of carbonyl (C=O) groups is 2. The smallest absolute Gasteiger partial charge is 0.416 e. The molecule has 1 atom stereocenters. The number of carbonyl (C=O) groups excluding carboxylic acids is 1. The van der Waals surface area contributed by atoms with Gasteiger partial charge >= 0.3 is 12.1 Å². The van der Waals surface area contributed by atoms with Gasteiger partial charge in [0.25, 0.3) is 5.91 Å². The third-order valence-corrected chi connectivity index (χ3v) is 6.33. The molecule has 1 heterocycles. The molecule has 3 aromatic carbocycles. The van der Waals surface area contributed by atoms with Crippen LogP contribution in [0.15, 0.2) is 54.6 Å². The van der Waals surface area contributed by atoms with Crippen molar-refractivity contribution in [1.29, 1.82) is 0 Å². The second-order valence-electron chi connectivity index (χ2n) is 8.28. The van der Waals surface area contributed by atoms with Crippen molar-refractivity contribution >= 4 is 35.1 Å². The van der Waals surface area contributed by atoms with Gasteiger partial charge in [-0.15, -0.1) is 0 Å². The van der Waals surface area contributed by atoms with Gasteiger partial charge in [-0.25, -0.2) is 0 Å². The molecule has 11 heteroatoms. The number of ether oxygens (including phenoxy) is 2. The third kappa shape index (κ3) is 6.29. The van der Waals surface area contributed by atoms with E-state index in [0.717, 1.165) is 6.07 Å². The first-order chi connectivity index (χ1) is 17.5. The number of carboxylic acids is 1. The van der Waals surface area contributed by atoms with Crippen molar-refractivity contribution in [2.75, 3.05) is 13.2 Å². The molecule has 4 rings (SSSR count). The SMILES string of the molecule is O=C(NCCc1ccc(Cl)cc1C(F)(F)F)c1ccc(Oc2cc3c(cc2Cl)C(C(=O)O)CCO3)cc1. The molecule has 0 saturated carbocycles. The van der Waals surface area contributed by atoms with Crippen molar-refractivity contribution < 1.29 is 37.3 Å². The molecule has 0 bridgehead atoms. The van der Waals surface area contributed by atoms with Crippen LogP contribution in [0.3, 0.4) is 0 Å². The summed E-state index contributed by atoms with van der Waals surface area (Å²) in [5.74, 6) is -1.14. The van der Waals surface area contributed by atoms with E-state index in [1.165, 1.54) is 48.5 Å². The van der Waals surface area contributed by atoms with E-state index in [9.17, 15) is 27.9 Å². The molecule has 1 aliphatic rings. The lowest BCUT2D eigenvalue weighted by Crippen LogP contribution is -2.26. The summed E-state index contributed by atoms with van der Waals surface area (Å²) in [6.07, 6.45) is -4.24. The second kappa shape index (κ2) is 10.9. The highest BCUT2D eigenvalue weighted by atomic mass is 35.5. The molecule has 2 N–H and O–H groups in total. The highest BCUT2D eigenvalue weighted by molar-refractivity contribution is 6.32. The number of fused-ring (bicyclic) bond motifs is 1. The first-order valence-electron chi connectivity index (χ1n) is 11.1. The highest BCUT2D eigenvalue weighted by Crippen LogP contribution is 2.42. The fourth-order valence-corrected chi connectivity index (χ4v) is 4.35. The predicted molar refractivity (Wildman–Crippen MR) is 131 cm³/mol. The van der Waals surface area contributed by atoms with Crippen molar-refractivity contribution in [3.8, 4) is 17.2 Å². The van der Waals surface area contributed by atoms with Gasteiger partial charge in [0, 0.05) is 28.8 Å². The summed E-state index contributed by atoms with van der Waals surface area (Å²) in [7, 11) is 0. The lowest BCUT2D eigenvalue weighted by molar-refractivity contribution is -0.140. The second-order valence-corrected chi connectivity index (χ2v) is 9.12. The van der Waals surface area contributed by atoms with Crippen molar-refractivity contribution in [3.63, 3.8) is 0 Å². The van der Waals surface area contributed by atoms with Gasteiger partial charge in [-0.2, -0.15) is 13.2 Å². The number of hydrogen-bond acceptors (Lipinski definition) is 4. The number of nitrogens with one attached hydrogen (secondary N) is 1. The largest absolute Gasteiger partial charge is 0.493 e. The van der Waals surface area contributed by atoms with Crippen LogP contribution < -0.4 is 14.8 Å². The van der Waals surface area contributed by atoms with Crippen LogP contribution in [0.5, 0.6) is 17.2 Å². The monoisotopic (exact) mass is 553 g/mol. The molecule has 0 aromatic heterocycles. The first-order valence-corrected chi connectivity index (χ1v) is 11.9. The van der Waals surface area contributed by atoms with Gasteiger partial charge in [0.15, 0.2) is 0 Å². The van der Waals surface area contributed by atoms with Crippen molar-refractivity contribution in [2.24, 2.45) is 0 Å². The molecular weight excluding hydrogens is 534 g/mol. The van der Waals surface area contributed by atoms with Crippen LogP contribution in [0.25, 0.3) is 0 Å². The molecule has 194 valence electrons. The number of rotatable bonds is 7. The summed E-state index contributed by atoms with van der Waals surface area (Å²) >= 11 is 12.0. The maximum atomic E-state index is 13.2. The van der Waals surface area contributed by atoms with Gasteiger partial charge < -0.3 is 19.9 Å². The molecule has 0 saturated heterocycles. The Morgan fingerprint density at radius 3 is 2.49 bits per heavy atom. The van der Waals surface area contributed by atoms with E-state index in [1.54, 1.807) is 0 Å². The zero-order chi connectivity index (χ0) is 26.7. The van der Waals surface area contributed by atoms with E-state index in [0.29, 0.717) is 23.5 Å². The number of halogens is 5. The average molecular weight is 554 g/mol. The van der Waals surface area contributed by atoms with Crippen LogP contribution in [0.4, 0.5) is 13.2 Å². The molecule has 6 nitrogen and oxygen atoms in total. The fourth-order valence-electron chi connectivity index (χ4n) is 3.97. The molecule has 1 amide bonds. The van der Waals surface area contributed by atoms with E-state index in [2.05, 4.69) is 5.32 Å². The van der Waals surface area contributed by atoms with E-state index in [4.69, 9.17) is 32.7 Å². The number of hydrogen-bond donors (Lipinski definition) is 2. The quantitative estimate of drug-likeness (QED) is 0.339. The highest BCUT2D eigenvalue weighted by Gasteiger charge is 2.33. The van der Waals surface area contributed by atoms with Crippen LogP contribution in [-0.4, -0.2) is 30.1 Å². The summed E-state index contributed by atoms with van der Waals surface area (Å²) in [5, 5.41) is 12.2. The molecule has 37 heavy (non-hydrogen) atoms. The summed E-state index contributed by atoms with van der Waals surface area (Å²) in [6.45, 7) is 0.244. The summed E-state index contributed by atoms with van der Waals surface area (Å²) in [6, 6.07) is 12.6. The topological polar surface area (TPSA) is 84.9 Å². The van der Waals surface area contributed by atoms with E-state index in [-0.39, 0.29) is 46.5 Å². The van der Waals surface area contributed by atoms with E-state index < -0.39 is 29.5 Å². The number of amides is 1. The molecule has 0 radical (unpaired) electrons. The maximum Gasteiger partial charge on any atom is 0.416 e. The Balaban J connectivity index is 1.38. The lowest BCUT2D eigenvalue weighted by atomic mass is 9.93. The zero-order valence-electron chi connectivity index (χ0n) is 19.1. The summed E-state index contributed by atoms with van der Waals surface area (Å²) < 4.78 is 51.1. The van der Waals surface area contributed by atoms with Gasteiger partial charge in [0.1, 0.15) is 17.2 Å². The van der Waals surface area contributed by atoms with Crippen molar-refractivity contribution in [3.05, 3.63) is 86.9 Å². The van der Waals surface area contributed by atoms with Crippen LogP contribution >= 0.6 is 23.2 Å². The van der Waals surface area contributed by atoms with Crippen molar-refractivity contribution in [1.82, 2.24) is 5.32 Å². The van der Waals surface area contributed by atoms with Gasteiger partial charge in [0.05, 0.1) is 23.1 Å². The minimum absolute atomic E-state index is 0.0101. The normalized spacial score (nSPS) is 14.9. The first kappa shape index (κ1) is 26.6. The predicted octanol–water partition coefficient (Wildman–Crippen LogP) is 6.73. The van der Waals surface area contributed by atoms with Crippen LogP contribution in [0.1, 0.15) is 39.4 Å². The molecule has 0 spiro atoms. The molecule has 1 aliphatic heterocycles. The Morgan fingerprint density at radius 2 is 1.81 bits per heavy atom. The zero-order valence-corrected chi connectivity index (χ0v) is 20.6. The van der Waals surface area contributed by atoms with Gasteiger partial charge in [-0.3, -0.25) is 9.59 Å². The molecule has 1 unspecified atom stereocenters. The lowest BCUT2D eigenvalue weighted by Gasteiger charge is -2.24. The number of benzene rings is 3. The Kier molecular flexibility index (Phi) is 7.85. The molecular formula is C26H20Cl2F3NO5. The maximum absolute atomic E-state index is 13.2. The Morgan fingerprint density at radius 1 is 1.08 bits per heavy atom. The molecule has 3 aromatic rings. The molecule has 0 aliphatic carbocycles. The minimum Gasteiger partial charge on any atom is -0.493 e. The number of aliphatic carboxylic acids is 1. The van der Waals surface area contributed by atoms with Gasteiger partial charge in [-0.05, 0) is 60.9 Å². The number of carboxylic acid groups (broad SMARTS) is 1. The fraction of sp³-hybridized carbons (Fsp3) is 0.231. The average Bonchev–Trinajstić information content (AvgIpc) is 2.84. The summed E-state index contributed by atoms with van der Waals surface area (Å²) in [5.41, 5.74) is -0.0465. The van der Waals surface area contributed by atoms with Crippen LogP contribution in [0.2, 0.25) is 10.0 Å². The third-order valence-electron chi connectivity index (χ3n) is 5.80. The van der Waals surface area contributed by atoms with Gasteiger partial charge in [-0.1, -0.05) is 29.3 Å². The van der Waals surface area contributed by atoms with Crippen molar-refractivity contribution in [2.45, 2.75) is 24.9 Å². The Hall–Kier alpha value is -3.43. The number of alkyl halides is 3. The summed E-state index contributed by atoms with van der Waals surface area (Å²) in [4.78, 5) is 23.9. The standard InChI is InChI=1S/C26H20Cl2F3NO5/c27-16-4-1-14(20(11-16)26(29,30)31)7-9-32-24(33)15-2-5-17(6-3-15)37-23-13-22-19(12-21(23)28)18(25(34)35)8-10-36-22/h1-6,11-13,18H,7-10H2,(H,32,33)(H,34,35).